The van der Waals surface area contributed by atoms with Crippen molar-refractivity contribution in [3.63, 3.8) is 0 Å². The molecule has 0 aliphatic heterocycles. The van der Waals surface area contributed by atoms with Crippen LogP contribution in [0.2, 0.25) is 0 Å². The summed E-state index contributed by atoms with van der Waals surface area (Å²) in [5.41, 5.74) is 5.35. The summed E-state index contributed by atoms with van der Waals surface area (Å²) >= 11 is 1.35. The molecule has 0 rings (SSSR count). The predicted octanol–water partition coefficient (Wildman–Crippen LogP) is -0.255. The Labute approximate surface area is 168 Å². The van der Waals surface area contributed by atoms with Crippen molar-refractivity contribution in [2.24, 2.45) is 5.73 Å². The van der Waals surface area contributed by atoms with E-state index in [0.717, 1.165) is 12.8 Å². The van der Waals surface area contributed by atoms with Crippen LogP contribution in [0.5, 0.6) is 0 Å². The number of carboxylic acids is 2. The summed E-state index contributed by atoms with van der Waals surface area (Å²) in [5, 5.41) is 22.1. The molecule has 6 N–H and O–H groups in total. The molecule has 11 heteroatoms. The molecule has 0 bridgehead atoms. The van der Waals surface area contributed by atoms with Crippen LogP contribution >= 0.6 is 11.8 Å². The van der Waals surface area contributed by atoms with E-state index >= 15 is 0 Å². The lowest BCUT2D eigenvalue weighted by Crippen LogP contribution is -2.49. The number of thioether (sulfide) groups is 1. The van der Waals surface area contributed by atoms with Crippen LogP contribution in [0.1, 0.15) is 46.0 Å². The van der Waals surface area contributed by atoms with Crippen LogP contribution in [0.25, 0.3) is 0 Å². The SMILES string of the molecule is CCCC(CC(C)=O)SC[C@H](NC(=O)CC[C@H](N)C(=O)O)C(=O)NCC(=O)O. The first-order valence-corrected chi connectivity index (χ1v) is 9.99. The van der Waals surface area contributed by atoms with Gasteiger partial charge >= 0.3 is 11.9 Å². The second-order valence-corrected chi connectivity index (χ2v) is 7.70. The van der Waals surface area contributed by atoms with Crippen molar-refractivity contribution < 1.29 is 34.2 Å². The summed E-state index contributed by atoms with van der Waals surface area (Å²) in [7, 11) is 0. The molecule has 10 nitrogen and oxygen atoms in total. The number of carboxylic acid groups (broad SMARTS) is 2. The average molecular weight is 420 g/mol. The van der Waals surface area contributed by atoms with Gasteiger partial charge in [0.05, 0.1) is 0 Å². The molecule has 0 aliphatic rings. The van der Waals surface area contributed by atoms with Crippen molar-refractivity contribution >= 4 is 41.3 Å². The van der Waals surface area contributed by atoms with Crippen LogP contribution in [0.15, 0.2) is 0 Å². The predicted molar refractivity (Wildman–Crippen MR) is 104 cm³/mol. The monoisotopic (exact) mass is 419 g/mol. The zero-order valence-electron chi connectivity index (χ0n) is 16.1. The first kappa shape index (κ1) is 25.9. The number of nitrogens with one attached hydrogen (secondary N) is 2. The highest BCUT2D eigenvalue weighted by atomic mass is 32.2. The minimum absolute atomic E-state index is 0.0181. The molecule has 0 aliphatic carbocycles. The summed E-state index contributed by atoms with van der Waals surface area (Å²) in [6.45, 7) is 2.86. The van der Waals surface area contributed by atoms with Crippen LogP contribution in [-0.2, 0) is 24.0 Å². The second kappa shape index (κ2) is 13.9. The standard InChI is InChI=1S/C17H29N3O7S/c1-3-4-11(7-10(2)21)28-9-13(16(25)19-8-15(23)24)20-14(22)6-5-12(18)17(26)27/h11-13H,3-9,18H2,1-2H3,(H,19,25)(H,20,22)(H,23,24)(H,26,27)/t11?,12-,13-/m0/s1. The van der Waals surface area contributed by atoms with E-state index in [2.05, 4.69) is 10.6 Å². The average Bonchev–Trinajstić information content (AvgIpc) is 2.60. The van der Waals surface area contributed by atoms with Gasteiger partial charge in [0.25, 0.3) is 0 Å². The topological polar surface area (TPSA) is 176 Å². The fraction of sp³-hybridized carbons (Fsp3) is 0.706. The molecule has 0 aromatic rings. The van der Waals surface area contributed by atoms with Gasteiger partial charge in [0.1, 0.15) is 24.4 Å². The number of rotatable bonds is 15. The number of carbonyl (C=O) groups excluding carboxylic acids is 3. The Morgan fingerprint density at radius 2 is 1.75 bits per heavy atom. The molecule has 0 fully saturated rings. The third-order valence-corrected chi connectivity index (χ3v) is 5.09. The summed E-state index contributed by atoms with van der Waals surface area (Å²) in [5.74, 6) is -3.51. The van der Waals surface area contributed by atoms with E-state index in [9.17, 15) is 24.0 Å². The van der Waals surface area contributed by atoms with Crippen molar-refractivity contribution in [2.75, 3.05) is 12.3 Å². The maximum Gasteiger partial charge on any atom is 0.322 e. The number of hydrogen-bond donors (Lipinski definition) is 5. The summed E-state index contributed by atoms with van der Waals surface area (Å²) in [4.78, 5) is 57.0. The van der Waals surface area contributed by atoms with Gasteiger partial charge in [0.2, 0.25) is 11.8 Å². The first-order chi connectivity index (χ1) is 13.1. The van der Waals surface area contributed by atoms with Gasteiger partial charge in [0.15, 0.2) is 0 Å². The smallest absolute Gasteiger partial charge is 0.322 e. The van der Waals surface area contributed by atoms with Crippen molar-refractivity contribution in [3.05, 3.63) is 0 Å². The molecule has 160 valence electrons. The molecule has 0 aromatic heterocycles. The molecule has 0 heterocycles. The third kappa shape index (κ3) is 12.3. The third-order valence-electron chi connectivity index (χ3n) is 3.69. The van der Waals surface area contributed by atoms with Gasteiger partial charge in [0, 0.05) is 23.8 Å². The van der Waals surface area contributed by atoms with E-state index in [1.54, 1.807) is 0 Å². The fourth-order valence-electron chi connectivity index (χ4n) is 2.26. The number of amides is 2. The number of Topliss-reactive ketones (excluding diaryl/α,β-unsaturated/α-hetero) is 1. The Bertz CT molecular complexity index is 571. The van der Waals surface area contributed by atoms with Crippen LogP contribution in [0.4, 0.5) is 0 Å². The molecule has 28 heavy (non-hydrogen) atoms. The van der Waals surface area contributed by atoms with Gasteiger partial charge in [-0.25, -0.2) is 0 Å². The van der Waals surface area contributed by atoms with Crippen LogP contribution in [-0.4, -0.2) is 69.4 Å². The Morgan fingerprint density at radius 1 is 1.11 bits per heavy atom. The minimum atomic E-state index is -1.23. The van der Waals surface area contributed by atoms with Gasteiger partial charge < -0.3 is 26.6 Å². The van der Waals surface area contributed by atoms with Gasteiger partial charge in [-0.15, -0.1) is 0 Å². The van der Waals surface area contributed by atoms with Gasteiger partial charge in [-0.2, -0.15) is 11.8 Å². The van der Waals surface area contributed by atoms with E-state index in [1.807, 2.05) is 6.92 Å². The first-order valence-electron chi connectivity index (χ1n) is 8.95. The normalized spacial score (nSPS) is 13.8. The van der Waals surface area contributed by atoms with Crippen LogP contribution in [0, 0.1) is 0 Å². The number of ketones is 1. The highest BCUT2D eigenvalue weighted by Gasteiger charge is 2.24. The molecule has 0 saturated heterocycles. The van der Waals surface area contributed by atoms with Gasteiger partial charge in [-0.3, -0.25) is 24.0 Å². The molecular formula is C17H29N3O7S. The van der Waals surface area contributed by atoms with Crippen LogP contribution < -0.4 is 16.4 Å². The van der Waals surface area contributed by atoms with E-state index in [4.69, 9.17) is 15.9 Å². The lowest BCUT2D eigenvalue weighted by molar-refractivity contribution is -0.139. The zero-order valence-corrected chi connectivity index (χ0v) is 16.9. The summed E-state index contributed by atoms with van der Waals surface area (Å²) in [6, 6.07) is -2.20. The van der Waals surface area contributed by atoms with E-state index in [-0.39, 0.29) is 29.6 Å². The Morgan fingerprint density at radius 3 is 2.25 bits per heavy atom. The van der Waals surface area contributed by atoms with Crippen LogP contribution in [0.3, 0.4) is 0 Å². The lowest BCUT2D eigenvalue weighted by atomic mass is 10.1. The molecule has 0 aromatic carbocycles. The lowest BCUT2D eigenvalue weighted by Gasteiger charge is -2.21. The fourth-order valence-corrected chi connectivity index (χ4v) is 3.72. The highest BCUT2D eigenvalue weighted by Crippen LogP contribution is 2.21. The minimum Gasteiger partial charge on any atom is -0.480 e. The number of nitrogens with two attached hydrogens (primary N) is 1. The Balaban J connectivity index is 4.90. The molecule has 1 unspecified atom stereocenters. The van der Waals surface area contributed by atoms with E-state index in [1.165, 1.54) is 18.7 Å². The zero-order chi connectivity index (χ0) is 21.7. The second-order valence-electron chi connectivity index (χ2n) is 6.37. The number of carbonyl (C=O) groups is 5. The van der Waals surface area contributed by atoms with Crippen molar-refractivity contribution in [2.45, 2.75) is 63.3 Å². The summed E-state index contributed by atoms with van der Waals surface area (Å²) in [6.07, 6.45) is 1.66. The van der Waals surface area contributed by atoms with E-state index < -0.39 is 42.4 Å². The maximum absolute atomic E-state index is 12.2. The molecule has 3 atom stereocenters. The number of hydrogen-bond acceptors (Lipinski definition) is 7. The maximum atomic E-state index is 12.2. The molecule has 0 radical (unpaired) electrons. The molecule has 0 saturated carbocycles. The largest absolute Gasteiger partial charge is 0.480 e. The van der Waals surface area contributed by atoms with Gasteiger partial charge in [-0.05, 0) is 19.8 Å². The van der Waals surface area contributed by atoms with Crippen molar-refractivity contribution in [1.82, 2.24) is 10.6 Å². The van der Waals surface area contributed by atoms with Crippen molar-refractivity contribution in [3.8, 4) is 0 Å². The molecule has 0 spiro atoms. The molecule has 2 amide bonds. The Hall–Kier alpha value is -2.14. The van der Waals surface area contributed by atoms with Gasteiger partial charge in [-0.1, -0.05) is 13.3 Å². The Kier molecular flexibility index (Phi) is 12.9. The van der Waals surface area contributed by atoms with E-state index in [0.29, 0.717) is 6.42 Å². The quantitative estimate of drug-likeness (QED) is 0.239. The summed E-state index contributed by atoms with van der Waals surface area (Å²) < 4.78 is 0. The highest BCUT2D eigenvalue weighted by molar-refractivity contribution is 8.00. The number of aliphatic carboxylic acids is 2. The van der Waals surface area contributed by atoms with Crippen molar-refractivity contribution in [1.29, 1.82) is 0 Å². The molecular weight excluding hydrogens is 390 g/mol.